The monoisotopic (exact) mass is 415 g/mol. The Morgan fingerprint density at radius 1 is 1.21 bits per heavy atom. The van der Waals surface area contributed by atoms with Crippen molar-refractivity contribution in [2.45, 2.75) is 37.8 Å². The minimum Gasteiger partial charge on any atom is -0.351 e. The number of likely N-dealkylation sites (N-methyl/N-ethyl adjacent to an activating group) is 1. The van der Waals surface area contributed by atoms with Gasteiger partial charge in [-0.25, -0.2) is 13.1 Å². The molecule has 0 aliphatic heterocycles. The molecule has 0 saturated carbocycles. The quantitative estimate of drug-likeness (QED) is 0.609. The SMILES string of the molecule is CCC(C)n1nnc2cc(S(=O)(=O)N(C)CC(=O)NCc3ccccc3)ccc21. The highest BCUT2D eigenvalue weighted by atomic mass is 32.2. The molecule has 0 spiro atoms. The summed E-state index contributed by atoms with van der Waals surface area (Å²) in [6.45, 7) is 4.15. The van der Waals surface area contributed by atoms with E-state index in [-0.39, 0.29) is 23.4 Å². The van der Waals surface area contributed by atoms with E-state index in [1.807, 2.05) is 37.3 Å². The molecule has 3 aromatic rings. The fourth-order valence-electron chi connectivity index (χ4n) is 2.90. The molecule has 0 aliphatic carbocycles. The molecule has 1 N–H and O–H groups in total. The number of hydrogen-bond acceptors (Lipinski definition) is 5. The van der Waals surface area contributed by atoms with Crippen LogP contribution >= 0.6 is 0 Å². The summed E-state index contributed by atoms with van der Waals surface area (Å²) in [5.74, 6) is -0.372. The maximum atomic E-state index is 12.9. The first-order valence-corrected chi connectivity index (χ1v) is 10.9. The molecular weight excluding hydrogens is 390 g/mol. The third kappa shape index (κ3) is 4.63. The number of sulfonamides is 1. The summed E-state index contributed by atoms with van der Waals surface area (Å²) in [6, 6.07) is 14.3. The van der Waals surface area contributed by atoms with E-state index in [0.717, 1.165) is 21.8 Å². The summed E-state index contributed by atoms with van der Waals surface area (Å²) in [7, 11) is -2.44. The van der Waals surface area contributed by atoms with Crippen LogP contribution in [0.5, 0.6) is 0 Å². The highest BCUT2D eigenvalue weighted by molar-refractivity contribution is 7.89. The first-order valence-electron chi connectivity index (χ1n) is 9.45. The molecule has 154 valence electrons. The zero-order valence-corrected chi connectivity index (χ0v) is 17.6. The number of rotatable bonds is 8. The number of aromatic nitrogens is 3. The van der Waals surface area contributed by atoms with Crippen molar-refractivity contribution in [3.8, 4) is 0 Å². The predicted molar refractivity (Wildman–Crippen MR) is 111 cm³/mol. The zero-order valence-electron chi connectivity index (χ0n) is 16.7. The summed E-state index contributed by atoms with van der Waals surface area (Å²) >= 11 is 0. The Kier molecular flexibility index (Phi) is 6.29. The lowest BCUT2D eigenvalue weighted by Crippen LogP contribution is -2.38. The molecule has 29 heavy (non-hydrogen) atoms. The Bertz CT molecular complexity index is 1100. The van der Waals surface area contributed by atoms with Crippen molar-refractivity contribution in [2.24, 2.45) is 0 Å². The zero-order chi connectivity index (χ0) is 21.0. The van der Waals surface area contributed by atoms with Gasteiger partial charge in [0.05, 0.1) is 23.0 Å². The van der Waals surface area contributed by atoms with Crippen molar-refractivity contribution in [3.63, 3.8) is 0 Å². The number of benzene rings is 2. The van der Waals surface area contributed by atoms with Crippen LogP contribution in [0.1, 0.15) is 31.9 Å². The van der Waals surface area contributed by atoms with Crippen LogP contribution in [0, 0.1) is 0 Å². The van der Waals surface area contributed by atoms with Crippen LogP contribution in [0.2, 0.25) is 0 Å². The Morgan fingerprint density at radius 2 is 1.93 bits per heavy atom. The van der Waals surface area contributed by atoms with Crippen molar-refractivity contribution in [2.75, 3.05) is 13.6 Å². The lowest BCUT2D eigenvalue weighted by molar-refractivity contribution is -0.121. The summed E-state index contributed by atoms with van der Waals surface area (Å²) in [4.78, 5) is 12.3. The van der Waals surface area contributed by atoms with E-state index in [1.54, 1.807) is 10.7 Å². The minimum absolute atomic E-state index is 0.0829. The van der Waals surface area contributed by atoms with Crippen LogP contribution in [0.15, 0.2) is 53.4 Å². The number of nitrogens with zero attached hydrogens (tertiary/aromatic N) is 4. The van der Waals surface area contributed by atoms with Crippen molar-refractivity contribution in [1.29, 1.82) is 0 Å². The lowest BCUT2D eigenvalue weighted by atomic mass is 10.2. The average Bonchev–Trinajstić information content (AvgIpc) is 3.15. The van der Waals surface area contributed by atoms with Crippen LogP contribution in [0.25, 0.3) is 11.0 Å². The first-order chi connectivity index (χ1) is 13.8. The van der Waals surface area contributed by atoms with Gasteiger partial charge in [-0.1, -0.05) is 42.5 Å². The molecule has 1 aromatic heterocycles. The molecule has 0 radical (unpaired) electrons. The lowest BCUT2D eigenvalue weighted by Gasteiger charge is -2.17. The van der Waals surface area contributed by atoms with E-state index in [2.05, 4.69) is 22.6 Å². The van der Waals surface area contributed by atoms with Gasteiger partial charge in [-0.05, 0) is 37.1 Å². The van der Waals surface area contributed by atoms with Gasteiger partial charge in [-0.15, -0.1) is 5.10 Å². The number of hydrogen-bond donors (Lipinski definition) is 1. The standard InChI is InChI=1S/C20H25N5O3S/c1-4-15(2)25-19-11-10-17(12-18(19)22-23-25)29(27,28)24(3)14-20(26)21-13-16-8-6-5-7-9-16/h5-12,15H,4,13-14H2,1-3H3,(H,21,26). The van der Waals surface area contributed by atoms with E-state index >= 15 is 0 Å². The molecular formula is C20H25N5O3S. The average molecular weight is 416 g/mol. The molecule has 8 nitrogen and oxygen atoms in total. The van der Waals surface area contributed by atoms with Gasteiger partial charge in [0.15, 0.2) is 0 Å². The van der Waals surface area contributed by atoms with Crippen LogP contribution in [-0.4, -0.2) is 47.2 Å². The van der Waals surface area contributed by atoms with Gasteiger partial charge in [0.1, 0.15) is 5.52 Å². The van der Waals surface area contributed by atoms with E-state index < -0.39 is 10.0 Å². The largest absolute Gasteiger partial charge is 0.351 e. The van der Waals surface area contributed by atoms with Crippen LogP contribution in [-0.2, 0) is 21.4 Å². The highest BCUT2D eigenvalue weighted by Crippen LogP contribution is 2.22. The van der Waals surface area contributed by atoms with Gasteiger partial charge in [0.2, 0.25) is 15.9 Å². The van der Waals surface area contributed by atoms with Crippen molar-refractivity contribution in [3.05, 3.63) is 54.1 Å². The fourth-order valence-corrected chi connectivity index (χ4v) is 4.05. The second-order valence-corrected chi connectivity index (χ2v) is 9.01. The molecule has 2 aromatic carbocycles. The number of nitrogens with one attached hydrogen (secondary N) is 1. The Morgan fingerprint density at radius 3 is 2.62 bits per heavy atom. The second-order valence-electron chi connectivity index (χ2n) is 6.97. The molecule has 1 unspecified atom stereocenters. The van der Waals surface area contributed by atoms with Crippen molar-refractivity contribution in [1.82, 2.24) is 24.6 Å². The fraction of sp³-hybridized carbons (Fsp3) is 0.350. The molecule has 0 fully saturated rings. The third-order valence-corrected chi connectivity index (χ3v) is 6.66. The normalized spacial score (nSPS) is 13.0. The summed E-state index contributed by atoms with van der Waals surface area (Å²) in [6.07, 6.45) is 0.888. The van der Waals surface area contributed by atoms with Gasteiger partial charge in [0, 0.05) is 13.6 Å². The molecule has 0 saturated heterocycles. The first kappa shape index (κ1) is 20.9. The van der Waals surface area contributed by atoms with E-state index in [9.17, 15) is 13.2 Å². The Labute approximate surface area is 170 Å². The molecule has 1 atom stereocenters. The van der Waals surface area contributed by atoms with E-state index in [4.69, 9.17) is 0 Å². The maximum Gasteiger partial charge on any atom is 0.243 e. The molecule has 1 heterocycles. The Balaban J connectivity index is 1.71. The van der Waals surface area contributed by atoms with Crippen molar-refractivity contribution >= 4 is 27.0 Å². The second kappa shape index (κ2) is 8.71. The number of carbonyl (C=O) groups excluding carboxylic acids is 1. The van der Waals surface area contributed by atoms with E-state index in [0.29, 0.717) is 12.1 Å². The van der Waals surface area contributed by atoms with Crippen LogP contribution in [0.3, 0.4) is 0 Å². The smallest absolute Gasteiger partial charge is 0.243 e. The van der Waals surface area contributed by atoms with Gasteiger partial charge >= 0.3 is 0 Å². The number of amides is 1. The summed E-state index contributed by atoms with van der Waals surface area (Å²) in [5, 5.41) is 11.0. The molecule has 1 amide bonds. The van der Waals surface area contributed by atoms with Gasteiger partial charge < -0.3 is 5.32 Å². The third-order valence-electron chi connectivity index (χ3n) is 4.86. The molecule has 3 rings (SSSR count). The molecule has 0 aliphatic rings. The Hall–Kier alpha value is -2.78. The van der Waals surface area contributed by atoms with Crippen LogP contribution in [0.4, 0.5) is 0 Å². The maximum absolute atomic E-state index is 12.9. The van der Waals surface area contributed by atoms with Crippen molar-refractivity contribution < 1.29 is 13.2 Å². The predicted octanol–water partition coefficient (Wildman–Crippen LogP) is 2.34. The van der Waals surface area contributed by atoms with Crippen LogP contribution < -0.4 is 5.32 Å². The molecule has 9 heteroatoms. The summed E-state index contributed by atoms with van der Waals surface area (Å²) < 4.78 is 28.6. The van der Waals surface area contributed by atoms with E-state index in [1.165, 1.54) is 19.2 Å². The number of carbonyl (C=O) groups is 1. The highest BCUT2D eigenvalue weighted by Gasteiger charge is 2.24. The van der Waals surface area contributed by atoms with Gasteiger partial charge in [-0.3, -0.25) is 4.79 Å². The topological polar surface area (TPSA) is 97.2 Å². The molecule has 0 bridgehead atoms. The number of fused-ring (bicyclic) bond motifs is 1. The minimum atomic E-state index is -3.83. The van der Waals surface area contributed by atoms with Gasteiger partial charge in [0.25, 0.3) is 0 Å². The van der Waals surface area contributed by atoms with Gasteiger partial charge in [-0.2, -0.15) is 4.31 Å². The summed E-state index contributed by atoms with van der Waals surface area (Å²) in [5.41, 5.74) is 2.23.